The molecule has 0 N–H and O–H groups in total. The van der Waals surface area contributed by atoms with Gasteiger partial charge in [0.25, 0.3) is 0 Å². The zero-order valence-electron chi connectivity index (χ0n) is 28.6. The van der Waals surface area contributed by atoms with Crippen LogP contribution in [0.3, 0.4) is 0 Å². The van der Waals surface area contributed by atoms with Gasteiger partial charge in [-0.3, -0.25) is 0 Å². The molecule has 51 heavy (non-hydrogen) atoms. The Morgan fingerprint density at radius 1 is 0.451 bits per heavy atom. The normalized spacial score (nSPS) is 13.1. The predicted molar refractivity (Wildman–Crippen MR) is 214 cm³/mol. The first kappa shape index (κ1) is 29.5. The first-order valence-corrected chi connectivity index (χ1v) is 17.7. The summed E-state index contributed by atoms with van der Waals surface area (Å²) in [5, 5.41) is 4.83. The number of benzene rings is 8. The van der Waals surface area contributed by atoms with Crippen molar-refractivity contribution < 1.29 is 4.42 Å². The van der Waals surface area contributed by atoms with Crippen molar-refractivity contribution in [2.24, 2.45) is 0 Å². The molecular formula is C49H35NO. The van der Waals surface area contributed by atoms with E-state index in [-0.39, 0.29) is 5.41 Å². The van der Waals surface area contributed by atoms with Crippen LogP contribution in [0.4, 0.5) is 17.1 Å². The van der Waals surface area contributed by atoms with Crippen LogP contribution in [-0.4, -0.2) is 0 Å². The molecule has 9 aromatic rings. The van der Waals surface area contributed by atoms with Crippen LogP contribution in [0.25, 0.3) is 66.1 Å². The average molecular weight is 654 g/mol. The quantitative estimate of drug-likeness (QED) is 0.184. The van der Waals surface area contributed by atoms with Crippen molar-refractivity contribution in [3.63, 3.8) is 0 Å². The molecule has 0 spiro atoms. The SMILES string of the molecule is CC1(C)c2cc(N(c3ccc(-c4ccc5ccccc5c4)cc3)c3ccccc3-c3ccccc3)ccc2-c2c1ccc1c2oc2ccccc21. The van der Waals surface area contributed by atoms with Gasteiger partial charge in [-0.25, -0.2) is 0 Å². The van der Waals surface area contributed by atoms with E-state index in [0.717, 1.165) is 33.6 Å². The van der Waals surface area contributed by atoms with Gasteiger partial charge in [-0.1, -0.05) is 147 Å². The van der Waals surface area contributed by atoms with Crippen LogP contribution in [0.5, 0.6) is 0 Å². The molecule has 0 saturated heterocycles. The van der Waals surface area contributed by atoms with Crippen LogP contribution in [0.15, 0.2) is 180 Å². The van der Waals surface area contributed by atoms with E-state index in [1.165, 1.54) is 60.7 Å². The average Bonchev–Trinajstić information content (AvgIpc) is 3.67. The molecule has 1 aliphatic rings. The minimum Gasteiger partial charge on any atom is -0.455 e. The monoisotopic (exact) mass is 653 g/mol. The Labute approximate surface area is 297 Å². The zero-order chi connectivity index (χ0) is 34.1. The van der Waals surface area contributed by atoms with Gasteiger partial charge < -0.3 is 9.32 Å². The highest BCUT2D eigenvalue weighted by molar-refractivity contribution is 6.12. The van der Waals surface area contributed by atoms with Crippen LogP contribution in [-0.2, 0) is 5.41 Å². The molecule has 0 atom stereocenters. The Kier molecular flexibility index (Phi) is 6.56. The second-order valence-electron chi connectivity index (χ2n) is 14.1. The number of nitrogens with zero attached hydrogens (tertiary/aromatic N) is 1. The van der Waals surface area contributed by atoms with Crippen LogP contribution < -0.4 is 4.90 Å². The Bertz CT molecular complexity index is 2770. The Balaban J connectivity index is 1.15. The molecule has 8 aromatic carbocycles. The van der Waals surface area contributed by atoms with Crippen molar-refractivity contribution in [1.82, 2.24) is 0 Å². The Hall–Kier alpha value is -6.38. The molecule has 10 rings (SSSR count). The van der Waals surface area contributed by atoms with E-state index < -0.39 is 0 Å². The molecule has 1 aliphatic carbocycles. The first-order valence-electron chi connectivity index (χ1n) is 17.7. The maximum atomic E-state index is 6.59. The van der Waals surface area contributed by atoms with Gasteiger partial charge in [0.15, 0.2) is 0 Å². The number of hydrogen-bond acceptors (Lipinski definition) is 2. The molecule has 0 saturated carbocycles. The summed E-state index contributed by atoms with van der Waals surface area (Å²) in [6, 6.07) is 63.7. The molecule has 0 bridgehead atoms. The van der Waals surface area contributed by atoms with Gasteiger partial charge >= 0.3 is 0 Å². The highest BCUT2D eigenvalue weighted by Crippen LogP contribution is 2.54. The largest absolute Gasteiger partial charge is 0.455 e. The second kappa shape index (κ2) is 11.3. The molecule has 0 aliphatic heterocycles. The number of furan rings is 1. The molecule has 1 aromatic heterocycles. The lowest BCUT2D eigenvalue weighted by Gasteiger charge is -2.30. The van der Waals surface area contributed by atoms with Gasteiger partial charge in [-0.05, 0) is 86.6 Å². The van der Waals surface area contributed by atoms with Gasteiger partial charge in [0.05, 0.1) is 5.69 Å². The smallest absolute Gasteiger partial charge is 0.143 e. The van der Waals surface area contributed by atoms with E-state index in [0.29, 0.717) is 0 Å². The van der Waals surface area contributed by atoms with Crippen molar-refractivity contribution in [3.8, 4) is 33.4 Å². The summed E-state index contributed by atoms with van der Waals surface area (Å²) in [7, 11) is 0. The molecule has 2 heteroatoms. The van der Waals surface area contributed by atoms with E-state index >= 15 is 0 Å². The summed E-state index contributed by atoms with van der Waals surface area (Å²) in [5.41, 5.74) is 14.9. The van der Waals surface area contributed by atoms with E-state index in [1.807, 2.05) is 6.07 Å². The minimum atomic E-state index is -0.210. The summed E-state index contributed by atoms with van der Waals surface area (Å²) < 4.78 is 6.59. The van der Waals surface area contributed by atoms with Crippen molar-refractivity contribution in [1.29, 1.82) is 0 Å². The van der Waals surface area contributed by atoms with Crippen LogP contribution in [0, 0.1) is 0 Å². The van der Waals surface area contributed by atoms with Crippen molar-refractivity contribution >= 4 is 49.8 Å². The molecule has 2 nitrogen and oxygen atoms in total. The number of fused-ring (bicyclic) bond motifs is 8. The minimum absolute atomic E-state index is 0.210. The van der Waals surface area contributed by atoms with Crippen molar-refractivity contribution in [3.05, 3.63) is 187 Å². The van der Waals surface area contributed by atoms with E-state index in [9.17, 15) is 0 Å². The van der Waals surface area contributed by atoms with Gasteiger partial charge in [-0.2, -0.15) is 0 Å². The lowest BCUT2D eigenvalue weighted by Crippen LogP contribution is -2.17. The second-order valence-corrected chi connectivity index (χ2v) is 14.1. The summed E-state index contributed by atoms with van der Waals surface area (Å²) in [6.45, 7) is 4.69. The van der Waals surface area contributed by atoms with Crippen LogP contribution in [0.2, 0.25) is 0 Å². The molecule has 242 valence electrons. The topological polar surface area (TPSA) is 16.4 Å². The third-order valence-corrected chi connectivity index (χ3v) is 10.9. The lowest BCUT2D eigenvalue weighted by molar-refractivity contribution is 0.653. The predicted octanol–water partition coefficient (Wildman–Crippen LogP) is 13.8. The summed E-state index contributed by atoms with van der Waals surface area (Å²) in [4.78, 5) is 2.42. The van der Waals surface area contributed by atoms with Crippen LogP contribution >= 0.6 is 0 Å². The first-order chi connectivity index (χ1) is 25.0. The zero-order valence-corrected chi connectivity index (χ0v) is 28.6. The van der Waals surface area contributed by atoms with Gasteiger partial charge in [0, 0.05) is 38.7 Å². The fourth-order valence-corrected chi connectivity index (χ4v) is 8.26. The van der Waals surface area contributed by atoms with Crippen LogP contribution in [0.1, 0.15) is 25.0 Å². The van der Waals surface area contributed by atoms with Gasteiger partial charge in [0.1, 0.15) is 11.2 Å². The van der Waals surface area contributed by atoms with Gasteiger partial charge in [-0.15, -0.1) is 0 Å². The number of para-hydroxylation sites is 2. The molecule has 0 radical (unpaired) electrons. The summed E-state index contributed by atoms with van der Waals surface area (Å²) in [6.07, 6.45) is 0. The highest BCUT2D eigenvalue weighted by atomic mass is 16.3. The van der Waals surface area contributed by atoms with E-state index in [1.54, 1.807) is 0 Å². The highest BCUT2D eigenvalue weighted by Gasteiger charge is 2.38. The standard InChI is InChI=1S/C49H35NO/c1-49(2)43-29-28-41-40-17-9-11-19-46(40)51-48(41)47(43)42-27-26-38(31-44(42)49)50(45-18-10-8-16-39(45)34-13-4-3-5-14-34)37-24-22-33(23-25-37)36-21-20-32-12-6-7-15-35(32)30-36/h3-31H,1-2H3. The fourth-order valence-electron chi connectivity index (χ4n) is 8.26. The van der Waals surface area contributed by atoms with Gasteiger partial charge in [0.2, 0.25) is 0 Å². The maximum Gasteiger partial charge on any atom is 0.143 e. The third kappa shape index (κ3) is 4.64. The van der Waals surface area contributed by atoms with E-state index in [4.69, 9.17) is 4.42 Å². The third-order valence-electron chi connectivity index (χ3n) is 10.9. The lowest BCUT2D eigenvalue weighted by atomic mass is 9.82. The molecule has 1 heterocycles. The molecule has 0 fully saturated rings. The number of rotatable bonds is 5. The van der Waals surface area contributed by atoms with E-state index in [2.05, 4.69) is 189 Å². The number of hydrogen-bond donors (Lipinski definition) is 0. The summed E-state index contributed by atoms with van der Waals surface area (Å²) in [5.74, 6) is 0. The maximum absolute atomic E-state index is 6.59. The number of anilines is 3. The van der Waals surface area contributed by atoms with Crippen molar-refractivity contribution in [2.45, 2.75) is 19.3 Å². The Morgan fingerprint density at radius 3 is 2.02 bits per heavy atom. The Morgan fingerprint density at radius 2 is 1.16 bits per heavy atom. The molecule has 0 amide bonds. The van der Waals surface area contributed by atoms with Crippen molar-refractivity contribution in [2.75, 3.05) is 4.90 Å². The fraction of sp³-hybridized carbons (Fsp3) is 0.0612. The molecular weight excluding hydrogens is 619 g/mol. The summed E-state index contributed by atoms with van der Waals surface area (Å²) >= 11 is 0. The molecule has 0 unspecified atom stereocenters.